The van der Waals surface area contributed by atoms with Crippen molar-refractivity contribution in [3.8, 4) is 0 Å². The van der Waals surface area contributed by atoms with Gasteiger partial charge in [-0.2, -0.15) is 0 Å². The van der Waals surface area contributed by atoms with Crippen LogP contribution in [0.3, 0.4) is 0 Å². The third kappa shape index (κ3) is 2.75. The maximum Gasteiger partial charge on any atom is 0.167 e. The van der Waals surface area contributed by atoms with Gasteiger partial charge < -0.3 is 30.5 Å². The van der Waals surface area contributed by atoms with Crippen molar-refractivity contribution in [2.45, 2.75) is 37.5 Å². The number of hydrogen-bond acceptors (Lipinski definition) is 9. The third-order valence-corrected chi connectivity index (χ3v) is 3.81. The molecule has 0 bridgehead atoms. The van der Waals surface area contributed by atoms with Gasteiger partial charge in [0.05, 0.1) is 19.5 Å². The Kier molecular flexibility index (Phi) is 4.41. The van der Waals surface area contributed by atoms with E-state index >= 15 is 0 Å². The van der Waals surface area contributed by atoms with Gasteiger partial charge in [0.15, 0.2) is 23.2 Å². The Morgan fingerprint density at radius 1 is 1.26 bits per heavy atom. The number of aliphatic hydroxyl groups excluding tert-OH is 4. The van der Waals surface area contributed by atoms with Crippen LogP contribution in [0.1, 0.15) is 13.2 Å². The lowest BCUT2D eigenvalue weighted by atomic mass is 10.1. The van der Waals surface area contributed by atoms with Gasteiger partial charge >= 0.3 is 0 Å². The predicted octanol–water partition coefficient (Wildman–Crippen LogP) is -1.77. The summed E-state index contributed by atoms with van der Waals surface area (Å²) < 4.78 is 6.96. The van der Waals surface area contributed by atoms with Crippen molar-refractivity contribution in [1.29, 1.82) is 0 Å². The van der Waals surface area contributed by atoms with Crippen LogP contribution in [-0.2, 0) is 4.74 Å². The first-order valence-electron chi connectivity index (χ1n) is 7.24. The molecule has 23 heavy (non-hydrogen) atoms. The van der Waals surface area contributed by atoms with Crippen LogP contribution in [0.5, 0.6) is 0 Å². The average Bonchev–Trinajstić information content (AvgIpc) is 3.10. The molecule has 1 aliphatic rings. The molecule has 5 N–H and O–H groups in total. The van der Waals surface area contributed by atoms with Gasteiger partial charge in [0, 0.05) is 6.04 Å². The molecule has 2 aromatic rings. The minimum Gasteiger partial charge on any atom is -0.394 e. The predicted molar refractivity (Wildman–Crippen MR) is 78.5 cm³/mol. The molecule has 0 radical (unpaired) electrons. The summed E-state index contributed by atoms with van der Waals surface area (Å²) in [7, 11) is 0. The Morgan fingerprint density at radius 2 is 2.04 bits per heavy atom. The van der Waals surface area contributed by atoms with Crippen LogP contribution in [0.25, 0.3) is 11.2 Å². The maximum absolute atomic E-state index is 10.1. The van der Waals surface area contributed by atoms with E-state index in [1.165, 1.54) is 17.2 Å². The summed E-state index contributed by atoms with van der Waals surface area (Å²) in [5.74, 6) is 0.446. The SMILES string of the molecule is C[C@@H](CO)Nc1ncnc2c1ncn2C1O[C@H](CO)[C@@H](O)[C@H]1O. The number of nitrogens with one attached hydrogen (secondary N) is 1. The van der Waals surface area contributed by atoms with Crippen molar-refractivity contribution in [2.24, 2.45) is 0 Å². The first-order valence-corrected chi connectivity index (χ1v) is 7.24. The summed E-state index contributed by atoms with van der Waals surface area (Å²) in [5, 5.41) is 41.3. The maximum atomic E-state index is 10.1. The Bertz CT molecular complexity index is 680. The number of imidazole rings is 1. The van der Waals surface area contributed by atoms with Crippen LogP contribution in [0.4, 0.5) is 5.82 Å². The number of anilines is 1. The van der Waals surface area contributed by atoms with E-state index in [2.05, 4.69) is 20.3 Å². The number of aliphatic hydroxyl groups is 4. The zero-order valence-corrected chi connectivity index (χ0v) is 12.4. The number of ether oxygens (including phenoxy) is 1. The second kappa shape index (κ2) is 6.34. The highest BCUT2D eigenvalue weighted by Crippen LogP contribution is 2.32. The van der Waals surface area contributed by atoms with Crippen molar-refractivity contribution < 1.29 is 25.2 Å². The zero-order valence-electron chi connectivity index (χ0n) is 12.4. The minimum absolute atomic E-state index is 0.0684. The van der Waals surface area contributed by atoms with Crippen molar-refractivity contribution >= 4 is 17.0 Å². The molecule has 0 spiro atoms. The van der Waals surface area contributed by atoms with Crippen LogP contribution >= 0.6 is 0 Å². The molecule has 0 saturated carbocycles. The van der Waals surface area contributed by atoms with Gasteiger partial charge in [-0.3, -0.25) is 4.57 Å². The van der Waals surface area contributed by atoms with Gasteiger partial charge in [-0.15, -0.1) is 0 Å². The fourth-order valence-corrected chi connectivity index (χ4v) is 2.53. The summed E-state index contributed by atoms with van der Waals surface area (Å²) in [6.45, 7) is 1.31. The fourth-order valence-electron chi connectivity index (χ4n) is 2.53. The standard InChI is InChI=1S/C13H19N5O5/c1-6(2-19)17-11-8-12(15-4-14-11)18(5-16-8)13-10(22)9(21)7(3-20)23-13/h4-7,9-10,13,19-22H,2-3H2,1H3,(H,14,15,17)/t6-,7+,9+,10+,13?/m0/s1. The van der Waals surface area contributed by atoms with Gasteiger partial charge in [0.1, 0.15) is 24.6 Å². The topological polar surface area (TPSA) is 146 Å². The molecule has 3 heterocycles. The van der Waals surface area contributed by atoms with E-state index in [9.17, 15) is 15.3 Å². The van der Waals surface area contributed by atoms with Crippen molar-refractivity contribution in [1.82, 2.24) is 19.5 Å². The first-order chi connectivity index (χ1) is 11.1. The molecule has 126 valence electrons. The lowest BCUT2D eigenvalue weighted by Crippen LogP contribution is -2.33. The van der Waals surface area contributed by atoms with E-state index in [0.717, 1.165) is 0 Å². The number of fused-ring (bicyclic) bond motifs is 1. The molecular formula is C13H19N5O5. The zero-order chi connectivity index (χ0) is 16.6. The fraction of sp³-hybridized carbons (Fsp3) is 0.615. The Morgan fingerprint density at radius 3 is 2.70 bits per heavy atom. The third-order valence-electron chi connectivity index (χ3n) is 3.81. The van der Waals surface area contributed by atoms with Crippen LogP contribution in [0, 0.1) is 0 Å². The molecule has 1 aliphatic heterocycles. The van der Waals surface area contributed by atoms with Crippen molar-refractivity contribution in [3.05, 3.63) is 12.7 Å². The van der Waals surface area contributed by atoms with Gasteiger partial charge in [-0.1, -0.05) is 0 Å². The summed E-state index contributed by atoms with van der Waals surface area (Å²) in [6, 6.07) is -0.216. The van der Waals surface area contributed by atoms with E-state index in [0.29, 0.717) is 17.0 Å². The lowest BCUT2D eigenvalue weighted by Gasteiger charge is -2.16. The monoisotopic (exact) mass is 325 g/mol. The number of rotatable bonds is 5. The molecule has 1 unspecified atom stereocenters. The van der Waals surface area contributed by atoms with Gasteiger partial charge in [0.25, 0.3) is 0 Å². The van der Waals surface area contributed by atoms with E-state index in [4.69, 9.17) is 9.84 Å². The van der Waals surface area contributed by atoms with Crippen molar-refractivity contribution in [2.75, 3.05) is 18.5 Å². The minimum atomic E-state index is -1.22. The highest BCUT2D eigenvalue weighted by Gasteiger charge is 2.44. The molecule has 10 heteroatoms. The molecule has 0 aliphatic carbocycles. The van der Waals surface area contributed by atoms with E-state index in [1.54, 1.807) is 6.92 Å². The largest absolute Gasteiger partial charge is 0.394 e. The summed E-state index contributed by atoms with van der Waals surface area (Å²) in [5.41, 5.74) is 0.855. The summed E-state index contributed by atoms with van der Waals surface area (Å²) in [4.78, 5) is 12.5. The normalized spacial score (nSPS) is 29.1. The molecule has 1 fully saturated rings. The molecular weight excluding hydrogens is 306 g/mol. The van der Waals surface area contributed by atoms with Crippen LogP contribution in [0.15, 0.2) is 12.7 Å². The Balaban J connectivity index is 1.96. The Labute approximate surface area is 131 Å². The highest BCUT2D eigenvalue weighted by molar-refractivity contribution is 5.82. The summed E-state index contributed by atoms with van der Waals surface area (Å²) in [6.07, 6.45) is -1.45. The van der Waals surface area contributed by atoms with Gasteiger partial charge in [-0.25, -0.2) is 15.0 Å². The van der Waals surface area contributed by atoms with Gasteiger partial charge in [-0.05, 0) is 6.92 Å². The number of aromatic nitrogens is 4. The molecule has 0 amide bonds. The molecule has 0 aromatic carbocycles. The van der Waals surface area contributed by atoms with E-state index in [1.807, 2.05) is 0 Å². The van der Waals surface area contributed by atoms with E-state index in [-0.39, 0.29) is 12.6 Å². The molecule has 5 atom stereocenters. The molecule has 1 saturated heterocycles. The van der Waals surface area contributed by atoms with E-state index < -0.39 is 31.1 Å². The second-order valence-corrected chi connectivity index (χ2v) is 5.50. The highest BCUT2D eigenvalue weighted by atomic mass is 16.6. The van der Waals surface area contributed by atoms with Gasteiger partial charge in [0.2, 0.25) is 0 Å². The molecule has 10 nitrogen and oxygen atoms in total. The second-order valence-electron chi connectivity index (χ2n) is 5.50. The summed E-state index contributed by atoms with van der Waals surface area (Å²) >= 11 is 0. The van der Waals surface area contributed by atoms with Crippen LogP contribution in [0.2, 0.25) is 0 Å². The van der Waals surface area contributed by atoms with Crippen LogP contribution in [-0.4, -0.2) is 77.5 Å². The average molecular weight is 325 g/mol. The quantitative estimate of drug-likeness (QED) is 0.431. The number of hydrogen-bond donors (Lipinski definition) is 5. The number of nitrogens with zero attached hydrogens (tertiary/aromatic N) is 4. The van der Waals surface area contributed by atoms with Crippen molar-refractivity contribution in [3.63, 3.8) is 0 Å². The smallest absolute Gasteiger partial charge is 0.167 e. The van der Waals surface area contributed by atoms with Crippen LogP contribution < -0.4 is 5.32 Å². The lowest BCUT2D eigenvalue weighted by molar-refractivity contribution is -0.0511. The molecule has 2 aromatic heterocycles. The molecule has 3 rings (SSSR count). The first kappa shape index (κ1) is 16.0. The Hall–Kier alpha value is -1.85.